The van der Waals surface area contributed by atoms with Crippen LogP contribution in [-0.4, -0.2) is 16.7 Å². The molecule has 6 heteroatoms. The fraction of sp³-hybridized carbons (Fsp3) is 0.0714. The van der Waals surface area contributed by atoms with Crippen LogP contribution in [0.25, 0.3) is 16.7 Å². The Morgan fingerprint density at radius 3 is 2.80 bits per heavy atom. The number of aromatic nitrogens is 2. The quantitative estimate of drug-likeness (QED) is 0.787. The lowest BCUT2D eigenvalue weighted by atomic mass is 10.2. The van der Waals surface area contributed by atoms with Crippen molar-refractivity contribution < 1.29 is 9.13 Å². The molecular formula is C14H11ClFN3O. The van der Waals surface area contributed by atoms with Crippen LogP contribution in [0.5, 0.6) is 5.75 Å². The van der Waals surface area contributed by atoms with Gasteiger partial charge in [-0.2, -0.15) is 0 Å². The molecule has 1 heterocycles. The number of nitrogens with zero attached hydrogens (tertiary/aromatic N) is 2. The molecule has 0 fully saturated rings. The number of methoxy groups -OCH3 is 1. The highest BCUT2D eigenvalue weighted by Crippen LogP contribution is 2.31. The van der Waals surface area contributed by atoms with E-state index in [-0.39, 0.29) is 11.8 Å². The summed E-state index contributed by atoms with van der Waals surface area (Å²) in [4.78, 5) is 4.26. The molecule has 0 aliphatic carbocycles. The van der Waals surface area contributed by atoms with Gasteiger partial charge >= 0.3 is 0 Å². The first kappa shape index (κ1) is 12.7. The highest BCUT2D eigenvalue weighted by atomic mass is 35.5. The normalized spacial score (nSPS) is 10.9. The van der Waals surface area contributed by atoms with E-state index in [1.54, 1.807) is 22.8 Å². The van der Waals surface area contributed by atoms with E-state index in [9.17, 15) is 4.39 Å². The summed E-state index contributed by atoms with van der Waals surface area (Å²) in [6, 6.07) is 9.52. The Kier molecular flexibility index (Phi) is 2.99. The van der Waals surface area contributed by atoms with Crippen molar-refractivity contribution in [1.29, 1.82) is 0 Å². The second-order valence-electron chi connectivity index (χ2n) is 4.25. The van der Waals surface area contributed by atoms with Crippen molar-refractivity contribution in [2.45, 2.75) is 0 Å². The second-order valence-corrected chi connectivity index (χ2v) is 4.69. The van der Waals surface area contributed by atoms with E-state index in [0.29, 0.717) is 22.0 Å². The molecule has 3 aromatic rings. The summed E-state index contributed by atoms with van der Waals surface area (Å²) in [6.45, 7) is 0. The maximum absolute atomic E-state index is 13.3. The maximum atomic E-state index is 13.3. The zero-order valence-corrected chi connectivity index (χ0v) is 11.4. The number of nitrogens with two attached hydrogens (primary N) is 1. The number of imidazole rings is 1. The predicted molar refractivity (Wildman–Crippen MR) is 77.0 cm³/mol. The molecule has 0 spiro atoms. The summed E-state index contributed by atoms with van der Waals surface area (Å²) in [7, 11) is 1.48. The number of rotatable bonds is 2. The summed E-state index contributed by atoms with van der Waals surface area (Å²) in [5, 5.41) is 0.577. The molecule has 0 bridgehead atoms. The van der Waals surface area contributed by atoms with Gasteiger partial charge in [0.05, 0.1) is 23.8 Å². The molecule has 4 nitrogen and oxygen atoms in total. The number of hydrogen-bond donors (Lipinski definition) is 1. The van der Waals surface area contributed by atoms with Gasteiger partial charge in [-0.05, 0) is 30.3 Å². The Hall–Kier alpha value is -2.27. The monoisotopic (exact) mass is 291 g/mol. The maximum Gasteiger partial charge on any atom is 0.206 e. The molecule has 2 N–H and O–H groups in total. The number of halogens is 2. The zero-order valence-electron chi connectivity index (χ0n) is 10.6. The molecule has 0 amide bonds. The van der Waals surface area contributed by atoms with Gasteiger partial charge in [0.25, 0.3) is 0 Å². The van der Waals surface area contributed by atoms with Gasteiger partial charge in [-0.3, -0.25) is 4.57 Å². The van der Waals surface area contributed by atoms with Crippen molar-refractivity contribution in [3.05, 3.63) is 47.2 Å². The first-order chi connectivity index (χ1) is 9.60. The van der Waals surface area contributed by atoms with Gasteiger partial charge in [-0.25, -0.2) is 9.37 Å². The smallest absolute Gasteiger partial charge is 0.206 e. The molecule has 0 unspecified atom stereocenters. The van der Waals surface area contributed by atoms with Gasteiger partial charge in [0.15, 0.2) is 0 Å². The molecule has 3 rings (SSSR count). The van der Waals surface area contributed by atoms with Crippen LogP contribution in [0, 0.1) is 5.82 Å². The van der Waals surface area contributed by atoms with E-state index in [1.807, 2.05) is 6.07 Å². The topological polar surface area (TPSA) is 53.1 Å². The predicted octanol–water partition coefficient (Wildman–Crippen LogP) is 3.41. The van der Waals surface area contributed by atoms with Gasteiger partial charge in [-0.1, -0.05) is 11.6 Å². The lowest BCUT2D eigenvalue weighted by molar-refractivity contribution is 0.410. The minimum atomic E-state index is -0.378. The van der Waals surface area contributed by atoms with Gasteiger partial charge < -0.3 is 10.5 Å². The van der Waals surface area contributed by atoms with Crippen molar-refractivity contribution in [2.24, 2.45) is 0 Å². The second kappa shape index (κ2) is 4.68. The largest absolute Gasteiger partial charge is 0.494 e. The zero-order chi connectivity index (χ0) is 14.3. The Morgan fingerprint density at radius 1 is 1.25 bits per heavy atom. The number of ether oxygens (including phenoxy) is 1. The molecule has 0 aliphatic heterocycles. The van der Waals surface area contributed by atoms with Crippen LogP contribution in [0.15, 0.2) is 36.4 Å². The Labute approximate surface area is 119 Å². The lowest BCUT2D eigenvalue weighted by Crippen LogP contribution is -2.03. The lowest BCUT2D eigenvalue weighted by Gasteiger charge is -2.11. The summed E-state index contributed by atoms with van der Waals surface area (Å²) >= 11 is 5.94. The molecule has 0 aliphatic rings. The average Bonchev–Trinajstić information content (AvgIpc) is 2.73. The Bertz CT molecular complexity index is 800. The van der Waals surface area contributed by atoms with Crippen molar-refractivity contribution in [3.8, 4) is 11.4 Å². The third kappa shape index (κ3) is 1.96. The molecule has 0 radical (unpaired) electrons. The minimum absolute atomic E-state index is 0.284. The third-order valence-corrected chi connectivity index (χ3v) is 3.26. The number of hydrogen-bond acceptors (Lipinski definition) is 3. The number of benzene rings is 2. The first-order valence-corrected chi connectivity index (χ1v) is 6.25. The average molecular weight is 292 g/mol. The van der Waals surface area contributed by atoms with Crippen LogP contribution in [0.1, 0.15) is 0 Å². The van der Waals surface area contributed by atoms with Crippen LogP contribution in [0.4, 0.5) is 10.3 Å². The van der Waals surface area contributed by atoms with Crippen molar-refractivity contribution >= 4 is 28.6 Å². The number of anilines is 1. The summed E-state index contributed by atoms with van der Waals surface area (Å²) in [6.07, 6.45) is 0. The summed E-state index contributed by atoms with van der Waals surface area (Å²) in [5.41, 5.74) is 8.02. The van der Waals surface area contributed by atoms with Gasteiger partial charge in [0, 0.05) is 11.1 Å². The Balaban J connectivity index is 2.32. The highest BCUT2D eigenvalue weighted by molar-refractivity contribution is 6.31. The minimum Gasteiger partial charge on any atom is -0.494 e. The summed E-state index contributed by atoms with van der Waals surface area (Å²) in [5.74, 6) is 0.287. The summed E-state index contributed by atoms with van der Waals surface area (Å²) < 4.78 is 20.2. The van der Waals surface area contributed by atoms with Crippen LogP contribution < -0.4 is 10.5 Å². The molecule has 1 aromatic heterocycles. The SMILES string of the molecule is COc1cc(F)ccc1-n1c(N)nc2cc(Cl)ccc21. The third-order valence-electron chi connectivity index (χ3n) is 3.03. The molecular weight excluding hydrogens is 281 g/mol. The van der Waals surface area contributed by atoms with Crippen LogP contribution in [-0.2, 0) is 0 Å². The Morgan fingerprint density at radius 2 is 2.05 bits per heavy atom. The van der Waals surface area contributed by atoms with Crippen molar-refractivity contribution in [1.82, 2.24) is 9.55 Å². The van der Waals surface area contributed by atoms with Crippen molar-refractivity contribution in [2.75, 3.05) is 12.8 Å². The molecule has 0 saturated heterocycles. The van der Waals surface area contributed by atoms with E-state index >= 15 is 0 Å². The fourth-order valence-corrected chi connectivity index (χ4v) is 2.33. The van der Waals surface area contributed by atoms with E-state index in [2.05, 4.69) is 4.98 Å². The fourth-order valence-electron chi connectivity index (χ4n) is 2.16. The molecule has 102 valence electrons. The highest BCUT2D eigenvalue weighted by Gasteiger charge is 2.14. The number of nitrogen functional groups attached to an aromatic ring is 1. The van der Waals surface area contributed by atoms with E-state index in [4.69, 9.17) is 22.1 Å². The number of fused-ring (bicyclic) bond motifs is 1. The van der Waals surface area contributed by atoms with E-state index < -0.39 is 0 Å². The van der Waals surface area contributed by atoms with Crippen molar-refractivity contribution in [3.63, 3.8) is 0 Å². The van der Waals surface area contributed by atoms with Crippen LogP contribution in [0.2, 0.25) is 5.02 Å². The van der Waals surface area contributed by atoms with Gasteiger partial charge in [-0.15, -0.1) is 0 Å². The standard InChI is InChI=1S/C14H11ClFN3O/c1-20-13-7-9(16)3-5-12(13)19-11-4-2-8(15)6-10(11)18-14(19)17/h2-7H,1H3,(H2,17,18). The van der Waals surface area contributed by atoms with Crippen LogP contribution in [0.3, 0.4) is 0 Å². The van der Waals surface area contributed by atoms with Gasteiger partial charge in [0.2, 0.25) is 5.95 Å². The van der Waals surface area contributed by atoms with E-state index in [0.717, 1.165) is 5.52 Å². The van der Waals surface area contributed by atoms with Gasteiger partial charge in [0.1, 0.15) is 11.6 Å². The molecule has 2 aromatic carbocycles. The van der Waals surface area contributed by atoms with E-state index in [1.165, 1.54) is 19.2 Å². The first-order valence-electron chi connectivity index (χ1n) is 5.87. The molecule has 20 heavy (non-hydrogen) atoms. The van der Waals surface area contributed by atoms with Crippen LogP contribution >= 0.6 is 11.6 Å². The molecule has 0 saturated carbocycles. The molecule has 0 atom stereocenters.